The first-order valence-electron chi connectivity index (χ1n) is 8.25. The number of carbonyl (C=O) groups is 1. The number of esters is 1. The average Bonchev–Trinajstić information content (AvgIpc) is 3.16. The van der Waals surface area contributed by atoms with E-state index in [4.69, 9.17) is 9.47 Å². The van der Waals surface area contributed by atoms with Gasteiger partial charge in [-0.15, -0.1) is 0 Å². The van der Waals surface area contributed by atoms with Gasteiger partial charge in [0.05, 0.1) is 5.92 Å². The highest BCUT2D eigenvalue weighted by Gasteiger charge is 2.47. The maximum absolute atomic E-state index is 12.7. The van der Waals surface area contributed by atoms with E-state index in [1.807, 2.05) is 79.2 Å². The zero-order chi connectivity index (χ0) is 17.4. The molecule has 2 aromatic carbocycles. The first-order chi connectivity index (χ1) is 12.1. The number of carbonyl (C=O) groups excluding carboxylic acids is 1. The van der Waals surface area contributed by atoms with Crippen LogP contribution in [0.3, 0.4) is 0 Å². The minimum absolute atomic E-state index is 0.224. The van der Waals surface area contributed by atoms with Gasteiger partial charge in [-0.25, -0.2) is 0 Å². The van der Waals surface area contributed by atoms with Gasteiger partial charge in [-0.3, -0.25) is 4.79 Å². The molecule has 4 heteroatoms. The Morgan fingerprint density at radius 1 is 1.00 bits per heavy atom. The molecular formula is C21H18O3S. The molecule has 0 fully saturated rings. The number of benzene rings is 2. The molecule has 2 heterocycles. The second kappa shape index (κ2) is 6.05. The summed E-state index contributed by atoms with van der Waals surface area (Å²) < 4.78 is 12.3. The summed E-state index contributed by atoms with van der Waals surface area (Å²) in [6.07, 6.45) is 0. The van der Waals surface area contributed by atoms with Crippen molar-refractivity contribution in [3.05, 3.63) is 82.0 Å². The predicted octanol–water partition coefficient (Wildman–Crippen LogP) is 5.34. The molecule has 4 rings (SSSR count). The maximum Gasteiger partial charge on any atom is 0.309 e. The van der Waals surface area contributed by atoms with Crippen LogP contribution in [-0.2, 0) is 15.1 Å². The second-order valence-corrected chi connectivity index (χ2v) is 7.14. The number of fused-ring (bicyclic) bond motifs is 2. The fourth-order valence-corrected chi connectivity index (χ4v) is 3.86. The molecule has 3 aromatic rings. The van der Waals surface area contributed by atoms with Crippen molar-refractivity contribution in [2.45, 2.75) is 19.4 Å². The highest BCUT2D eigenvalue weighted by Crippen LogP contribution is 2.52. The first kappa shape index (κ1) is 15.9. The lowest BCUT2D eigenvalue weighted by atomic mass is 9.79. The molecule has 126 valence electrons. The third-order valence-corrected chi connectivity index (χ3v) is 5.09. The minimum Gasteiger partial charge on any atom is -0.456 e. The highest BCUT2D eigenvalue weighted by molar-refractivity contribution is 7.08. The quantitative estimate of drug-likeness (QED) is 0.598. The Balaban J connectivity index is 2.04. The number of thiophene rings is 1. The summed E-state index contributed by atoms with van der Waals surface area (Å²) in [6.45, 7) is 3.70. The normalized spacial score (nSPS) is 14.4. The van der Waals surface area contributed by atoms with Gasteiger partial charge >= 0.3 is 5.97 Å². The largest absolute Gasteiger partial charge is 0.456 e. The molecule has 0 radical (unpaired) electrons. The summed E-state index contributed by atoms with van der Waals surface area (Å²) >= 11 is 1.58. The molecule has 0 amide bonds. The fourth-order valence-electron chi connectivity index (χ4n) is 3.17. The monoisotopic (exact) mass is 350 g/mol. The van der Waals surface area contributed by atoms with Crippen molar-refractivity contribution in [1.82, 2.24) is 0 Å². The first-order valence-corrected chi connectivity index (χ1v) is 9.19. The van der Waals surface area contributed by atoms with E-state index in [1.54, 1.807) is 11.3 Å². The molecule has 0 atom stereocenters. The third-order valence-electron chi connectivity index (χ3n) is 4.41. The Morgan fingerprint density at radius 2 is 1.60 bits per heavy atom. The van der Waals surface area contributed by atoms with Gasteiger partial charge < -0.3 is 9.47 Å². The standard InChI is InChI=1S/C21H18O3S/c1-14(2)20(22)24-21(15-11-12-25-13-15)16-7-3-5-9-18(16)23-19-10-6-4-8-17(19)21/h3-14H,1-2H3. The summed E-state index contributed by atoms with van der Waals surface area (Å²) in [5.41, 5.74) is 1.64. The minimum atomic E-state index is -0.993. The fraction of sp³-hybridized carbons (Fsp3) is 0.190. The van der Waals surface area contributed by atoms with Gasteiger partial charge in [0.25, 0.3) is 0 Å². The van der Waals surface area contributed by atoms with Crippen molar-refractivity contribution < 1.29 is 14.3 Å². The molecule has 0 N–H and O–H groups in total. The molecule has 25 heavy (non-hydrogen) atoms. The lowest BCUT2D eigenvalue weighted by Crippen LogP contribution is -2.38. The SMILES string of the molecule is CC(C)C(=O)OC1(c2ccsc2)c2ccccc2Oc2ccccc21. The Labute approximate surface area is 150 Å². The molecule has 0 aliphatic carbocycles. The van der Waals surface area contributed by atoms with Crippen molar-refractivity contribution in [2.75, 3.05) is 0 Å². The Hall–Kier alpha value is -2.59. The summed E-state index contributed by atoms with van der Waals surface area (Å²) in [6, 6.07) is 17.5. The van der Waals surface area contributed by atoms with E-state index in [-0.39, 0.29) is 11.9 Å². The lowest BCUT2D eigenvalue weighted by Gasteiger charge is -2.39. The maximum atomic E-state index is 12.7. The summed E-state index contributed by atoms with van der Waals surface area (Å²) in [5, 5.41) is 4.04. The van der Waals surface area contributed by atoms with Crippen molar-refractivity contribution in [3.8, 4) is 11.5 Å². The second-order valence-electron chi connectivity index (χ2n) is 6.36. The molecule has 0 bridgehead atoms. The number of para-hydroxylation sites is 2. The van der Waals surface area contributed by atoms with Gasteiger partial charge in [0.15, 0.2) is 5.60 Å². The van der Waals surface area contributed by atoms with Crippen LogP contribution >= 0.6 is 11.3 Å². The highest BCUT2D eigenvalue weighted by atomic mass is 32.1. The molecular weight excluding hydrogens is 332 g/mol. The van der Waals surface area contributed by atoms with E-state index in [0.29, 0.717) is 11.5 Å². The number of rotatable bonds is 3. The predicted molar refractivity (Wildman–Crippen MR) is 98.1 cm³/mol. The zero-order valence-corrected chi connectivity index (χ0v) is 14.9. The van der Waals surface area contributed by atoms with Gasteiger partial charge in [0.1, 0.15) is 11.5 Å². The smallest absolute Gasteiger partial charge is 0.309 e. The van der Waals surface area contributed by atoms with Gasteiger partial charge in [0, 0.05) is 16.7 Å². The molecule has 3 nitrogen and oxygen atoms in total. The third kappa shape index (κ3) is 2.45. The Morgan fingerprint density at radius 3 is 2.12 bits per heavy atom. The van der Waals surface area contributed by atoms with Crippen LogP contribution in [0.1, 0.15) is 30.5 Å². The van der Waals surface area contributed by atoms with E-state index >= 15 is 0 Å². The van der Waals surface area contributed by atoms with Crippen LogP contribution in [0.4, 0.5) is 0 Å². The van der Waals surface area contributed by atoms with E-state index in [2.05, 4.69) is 0 Å². The average molecular weight is 350 g/mol. The molecule has 1 aliphatic rings. The van der Waals surface area contributed by atoms with Gasteiger partial charge in [-0.2, -0.15) is 11.3 Å². The molecule has 1 aliphatic heterocycles. The van der Waals surface area contributed by atoms with Crippen LogP contribution in [0.5, 0.6) is 11.5 Å². The Bertz CT molecular complexity index is 867. The van der Waals surface area contributed by atoms with Crippen LogP contribution < -0.4 is 4.74 Å². The molecule has 0 saturated carbocycles. The zero-order valence-electron chi connectivity index (χ0n) is 14.1. The topological polar surface area (TPSA) is 35.5 Å². The van der Waals surface area contributed by atoms with Gasteiger partial charge in [-0.05, 0) is 29.0 Å². The van der Waals surface area contributed by atoms with E-state index in [0.717, 1.165) is 16.7 Å². The van der Waals surface area contributed by atoms with E-state index in [9.17, 15) is 4.79 Å². The number of hydrogen-bond donors (Lipinski definition) is 0. The van der Waals surface area contributed by atoms with Gasteiger partial charge in [0.2, 0.25) is 0 Å². The molecule has 0 saturated heterocycles. The molecule has 1 aromatic heterocycles. The van der Waals surface area contributed by atoms with Crippen molar-refractivity contribution in [1.29, 1.82) is 0 Å². The summed E-state index contributed by atoms with van der Waals surface area (Å²) in [4.78, 5) is 12.7. The van der Waals surface area contributed by atoms with Crippen molar-refractivity contribution in [3.63, 3.8) is 0 Å². The van der Waals surface area contributed by atoms with Crippen molar-refractivity contribution >= 4 is 17.3 Å². The summed E-state index contributed by atoms with van der Waals surface area (Å²) in [7, 11) is 0. The van der Waals surface area contributed by atoms with Crippen molar-refractivity contribution in [2.24, 2.45) is 5.92 Å². The van der Waals surface area contributed by atoms with Crippen LogP contribution in [0.15, 0.2) is 65.4 Å². The number of hydrogen-bond acceptors (Lipinski definition) is 4. The summed E-state index contributed by atoms with van der Waals surface area (Å²) in [5.74, 6) is 0.961. The number of ether oxygens (including phenoxy) is 2. The van der Waals surface area contributed by atoms with E-state index in [1.165, 1.54) is 0 Å². The molecule has 0 unspecified atom stereocenters. The van der Waals surface area contributed by atoms with Crippen LogP contribution in [-0.4, -0.2) is 5.97 Å². The van der Waals surface area contributed by atoms with Gasteiger partial charge in [-0.1, -0.05) is 50.2 Å². The van der Waals surface area contributed by atoms with Crippen LogP contribution in [0.2, 0.25) is 0 Å². The molecule has 0 spiro atoms. The lowest BCUT2D eigenvalue weighted by molar-refractivity contribution is -0.157. The Kier molecular flexibility index (Phi) is 3.85. The van der Waals surface area contributed by atoms with Crippen LogP contribution in [0, 0.1) is 5.92 Å². The van der Waals surface area contributed by atoms with E-state index < -0.39 is 5.60 Å². The van der Waals surface area contributed by atoms with Crippen LogP contribution in [0.25, 0.3) is 0 Å².